The van der Waals surface area contributed by atoms with Gasteiger partial charge in [0.1, 0.15) is 18.2 Å². The average molecular weight is 623 g/mol. The van der Waals surface area contributed by atoms with Crippen LogP contribution in [0.5, 0.6) is 0 Å². The van der Waals surface area contributed by atoms with Crippen molar-refractivity contribution >= 4 is 23.7 Å². The lowest BCUT2D eigenvalue weighted by Crippen LogP contribution is -2.57. The van der Waals surface area contributed by atoms with E-state index in [-0.39, 0.29) is 53.7 Å². The van der Waals surface area contributed by atoms with E-state index >= 15 is 0 Å². The van der Waals surface area contributed by atoms with Gasteiger partial charge in [0, 0.05) is 19.2 Å². The van der Waals surface area contributed by atoms with Gasteiger partial charge in [0.15, 0.2) is 0 Å². The highest BCUT2D eigenvalue weighted by Crippen LogP contribution is 2.34. The van der Waals surface area contributed by atoms with Crippen molar-refractivity contribution in [2.45, 2.75) is 116 Å². The van der Waals surface area contributed by atoms with Gasteiger partial charge in [-0.2, -0.15) is 0 Å². The zero-order chi connectivity index (χ0) is 32.8. The predicted molar refractivity (Wildman–Crippen MR) is 175 cm³/mol. The first-order chi connectivity index (χ1) is 21.4. The van der Waals surface area contributed by atoms with E-state index < -0.39 is 12.1 Å². The van der Waals surface area contributed by atoms with Crippen LogP contribution >= 0.6 is 0 Å². The summed E-state index contributed by atoms with van der Waals surface area (Å²) in [6, 6.07) is 6.22. The molecule has 1 aromatic carbocycles. The van der Waals surface area contributed by atoms with Crippen LogP contribution in [0.25, 0.3) is 0 Å². The van der Waals surface area contributed by atoms with E-state index in [9.17, 15) is 19.2 Å². The Morgan fingerprint density at radius 3 is 2.33 bits per heavy atom. The minimum absolute atomic E-state index is 0.0143. The number of amides is 3. The summed E-state index contributed by atoms with van der Waals surface area (Å²) in [5.41, 5.74) is 2.78. The first-order valence-electron chi connectivity index (χ1n) is 17.0. The third kappa shape index (κ3) is 8.15. The van der Waals surface area contributed by atoms with E-state index in [1.54, 1.807) is 23.8 Å². The van der Waals surface area contributed by atoms with E-state index in [0.717, 1.165) is 57.1 Å². The lowest BCUT2D eigenvalue weighted by molar-refractivity contribution is -0.158. The van der Waals surface area contributed by atoms with Gasteiger partial charge in [0.05, 0.1) is 12.1 Å². The molecule has 4 rings (SSSR count). The summed E-state index contributed by atoms with van der Waals surface area (Å²) < 4.78 is 6.04. The molecular weight excluding hydrogens is 568 g/mol. The lowest BCUT2D eigenvalue weighted by Gasteiger charge is -2.36. The average Bonchev–Trinajstić information content (AvgIpc) is 3.51. The number of hydrogen-bond acceptors (Lipinski definition) is 6. The zero-order valence-corrected chi connectivity index (χ0v) is 28.4. The van der Waals surface area contributed by atoms with Crippen molar-refractivity contribution in [1.82, 2.24) is 20.0 Å². The minimum Gasteiger partial charge on any atom is -0.456 e. The maximum atomic E-state index is 13.9. The van der Waals surface area contributed by atoms with E-state index in [1.807, 2.05) is 59.0 Å². The summed E-state index contributed by atoms with van der Waals surface area (Å²) in [4.78, 5) is 59.7. The number of carbonyl (C=O) groups excluding carboxylic acids is 4. The lowest BCUT2D eigenvalue weighted by atomic mass is 9.89. The third-order valence-electron chi connectivity index (χ3n) is 9.90. The zero-order valence-electron chi connectivity index (χ0n) is 28.4. The summed E-state index contributed by atoms with van der Waals surface area (Å²) in [5, 5.41) is 3.05. The van der Waals surface area contributed by atoms with E-state index in [4.69, 9.17) is 4.74 Å². The molecule has 9 heteroatoms. The predicted octanol–water partition coefficient (Wildman–Crippen LogP) is 4.65. The second kappa shape index (κ2) is 15.4. The quantitative estimate of drug-likeness (QED) is 0.301. The summed E-state index contributed by atoms with van der Waals surface area (Å²) in [5.74, 6) is -0.932. The van der Waals surface area contributed by atoms with Crippen molar-refractivity contribution in [2.24, 2.45) is 11.8 Å². The van der Waals surface area contributed by atoms with Crippen LogP contribution in [-0.2, 0) is 30.3 Å². The Morgan fingerprint density at radius 1 is 0.933 bits per heavy atom. The van der Waals surface area contributed by atoms with Gasteiger partial charge in [-0.05, 0) is 88.4 Å². The molecule has 2 fully saturated rings. The first kappa shape index (κ1) is 34.7. The molecule has 2 saturated heterocycles. The van der Waals surface area contributed by atoms with Crippen LogP contribution in [0.15, 0.2) is 35.9 Å². The number of likely N-dealkylation sites (N-methyl/N-ethyl adjacent to an activating group) is 2. The van der Waals surface area contributed by atoms with Gasteiger partial charge in [-0.25, -0.2) is 4.79 Å². The molecule has 0 bridgehead atoms. The van der Waals surface area contributed by atoms with Crippen LogP contribution in [0.2, 0.25) is 0 Å². The number of esters is 1. The van der Waals surface area contributed by atoms with Crippen molar-refractivity contribution < 1.29 is 23.9 Å². The largest absolute Gasteiger partial charge is 0.456 e. The SMILES string of the molecule is CC(=C[C@H](C(C)C)N(C)C(=O)[C@@H](NC(=O)[C@H]1CCCCN1C)C(C)C)C(=O)N1CCC[C@H]1C(=O)OC1CCCc2ccccc21. The molecule has 2 aliphatic heterocycles. The minimum atomic E-state index is -0.675. The molecule has 1 aromatic rings. The fourth-order valence-electron chi connectivity index (χ4n) is 7.15. The van der Waals surface area contributed by atoms with Crippen molar-refractivity contribution in [3.63, 3.8) is 0 Å². The van der Waals surface area contributed by atoms with Crippen molar-refractivity contribution in [1.29, 1.82) is 0 Å². The molecule has 1 N–H and O–H groups in total. The number of ether oxygens (including phenoxy) is 1. The molecule has 3 aliphatic rings. The molecule has 45 heavy (non-hydrogen) atoms. The Balaban J connectivity index is 1.44. The molecule has 0 spiro atoms. The summed E-state index contributed by atoms with van der Waals surface area (Å²) >= 11 is 0. The Kier molecular flexibility index (Phi) is 11.9. The van der Waals surface area contributed by atoms with Crippen LogP contribution in [0, 0.1) is 11.8 Å². The number of benzene rings is 1. The third-order valence-corrected chi connectivity index (χ3v) is 9.90. The number of hydrogen-bond donors (Lipinski definition) is 1. The van der Waals surface area contributed by atoms with Gasteiger partial charge in [-0.15, -0.1) is 0 Å². The van der Waals surface area contributed by atoms with Crippen molar-refractivity contribution in [2.75, 3.05) is 27.2 Å². The molecule has 9 nitrogen and oxygen atoms in total. The molecule has 0 aromatic heterocycles. The normalized spacial score (nSPS) is 23.8. The molecule has 3 amide bonds. The van der Waals surface area contributed by atoms with Crippen molar-refractivity contribution in [3.8, 4) is 0 Å². The number of nitrogens with one attached hydrogen (secondary N) is 1. The Bertz CT molecular complexity index is 1260. The highest BCUT2D eigenvalue weighted by Gasteiger charge is 2.39. The van der Waals surface area contributed by atoms with E-state index in [2.05, 4.69) is 16.3 Å². The van der Waals surface area contributed by atoms with Crippen LogP contribution in [0.1, 0.15) is 96.8 Å². The van der Waals surface area contributed by atoms with E-state index in [0.29, 0.717) is 18.5 Å². The second-order valence-electron chi connectivity index (χ2n) is 13.9. The molecule has 5 atom stereocenters. The molecule has 0 saturated carbocycles. The number of fused-ring (bicyclic) bond motifs is 1. The summed E-state index contributed by atoms with van der Waals surface area (Å²) in [7, 11) is 3.70. The van der Waals surface area contributed by atoms with Crippen LogP contribution in [0.4, 0.5) is 0 Å². The Hall–Kier alpha value is -3.20. The highest BCUT2D eigenvalue weighted by atomic mass is 16.5. The number of nitrogens with zero attached hydrogens (tertiary/aromatic N) is 3. The topological polar surface area (TPSA) is 99.3 Å². The monoisotopic (exact) mass is 622 g/mol. The van der Waals surface area contributed by atoms with Gasteiger partial charge >= 0.3 is 5.97 Å². The maximum absolute atomic E-state index is 13.9. The molecular formula is C36H54N4O5. The first-order valence-corrected chi connectivity index (χ1v) is 17.0. The number of carbonyl (C=O) groups is 4. The molecule has 1 aliphatic carbocycles. The maximum Gasteiger partial charge on any atom is 0.329 e. The molecule has 248 valence electrons. The van der Waals surface area contributed by atoms with E-state index in [1.165, 1.54) is 5.56 Å². The van der Waals surface area contributed by atoms with Crippen LogP contribution in [0.3, 0.4) is 0 Å². The van der Waals surface area contributed by atoms with Crippen molar-refractivity contribution in [3.05, 3.63) is 47.0 Å². The van der Waals surface area contributed by atoms with Crippen LogP contribution in [-0.4, -0.2) is 89.7 Å². The smallest absolute Gasteiger partial charge is 0.329 e. The van der Waals surface area contributed by atoms with Crippen LogP contribution < -0.4 is 5.32 Å². The van der Waals surface area contributed by atoms with Gasteiger partial charge in [-0.3, -0.25) is 19.3 Å². The number of likely N-dealkylation sites (tertiary alicyclic amines) is 2. The standard InChI is InChI=1S/C36H54N4O5/c1-23(2)30(39(7)35(43)32(24(3)4)37-33(41)28-17-10-11-20-38(28)6)22-25(5)34(42)40-21-13-18-29(40)36(44)45-31-19-12-15-26-14-8-9-16-27(26)31/h8-9,14,16,22-24,28-32H,10-13,15,17-21H2,1-7H3,(H,37,41)/t28-,29+,30-,31?,32+/m1/s1. The Labute approximate surface area is 269 Å². The highest BCUT2D eigenvalue weighted by molar-refractivity contribution is 5.96. The molecule has 0 radical (unpaired) electrons. The fraction of sp³-hybridized carbons (Fsp3) is 0.667. The fourth-order valence-corrected chi connectivity index (χ4v) is 7.15. The number of piperidine rings is 1. The van der Waals surface area contributed by atoms with Gasteiger partial charge in [0.25, 0.3) is 0 Å². The summed E-state index contributed by atoms with van der Waals surface area (Å²) in [6.07, 6.45) is 8.46. The molecule has 2 heterocycles. The second-order valence-corrected chi connectivity index (χ2v) is 13.9. The number of aryl methyl sites for hydroxylation is 1. The van der Waals surface area contributed by atoms with Gasteiger partial charge in [-0.1, -0.05) is 64.5 Å². The number of rotatable bonds is 10. The molecule has 1 unspecified atom stereocenters. The van der Waals surface area contributed by atoms with Gasteiger partial charge < -0.3 is 19.9 Å². The van der Waals surface area contributed by atoms with Gasteiger partial charge in [0.2, 0.25) is 17.7 Å². The Morgan fingerprint density at radius 2 is 1.64 bits per heavy atom. The summed E-state index contributed by atoms with van der Waals surface area (Å²) in [6.45, 7) is 11.0.